The second-order valence-electron chi connectivity index (χ2n) is 3.70. The molecule has 0 spiro atoms. The van der Waals surface area contributed by atoms with Gasteiger partial charge in [0, 0.05) is 18.5 Å². The summed E-state index contributed by atoms with van der Waals surface area (Å²) in [5, 5.41) is 10.9. The monoisotopic (exact) mass is 261 g/mol. The smallest absolute Gasteiger partial charge is 0.145 e. The summed E-state index contributed by atoms with van der Waals surface area (Å²) >= 11 is 0. The van der Waals surface area contributed by atoms with E-state index < -0.39 is 0 Å². The molecule has 0 aliphatic rings. The summed E-state index contributed by atoms with van der Waals surface area (Å²) in [6, 6.07) is 11.7. The number of H-pyrrole nitrogens is 1. The molecule has 6 heteroatoms. The van der Waals surface area contributed by atoms with Gasteiger partial charge in [-0.25, -0.2) is 4.68 Å². The average Bonchev–Trinajstić information content (AvgIpc) is 3.00. The summed E-state index contributed by atoms with van der Waals surface area (Å²) in [5.41, 5.74) is 8.54. The lowest BCUT2D eigenvalue weighted by Gasteiger charge is -2.02. The molecule has 0 atom stereocenters. The summed E-state index contributed by atoms with van der Waals surface area (Å²) in [6.45, 7) is 0. The number of nitrogens with one attached hydrogen (secondary N) is 1. The zero-order valence-electron chi connectivity index (χ0n) is 9.45. The van der Waals surface area contributed by atoms with Gasteiger partial charge in [-0.05, 0) is 23.8 Å². The van der Waals surface area contributed by atoms with Crippen LogP contribution in [0, 0.1) is 0 Å². The third-order valence-corrected chi connectivity index (χ3v) is 2.54. The zero-order valence-corrected chi connectivity index (χ0v) is 10.3. The molecule has 3 N–H and O–H groups in total. The maximum absolute atomic E-state index is 5.57. The van der Waals surface area contributed by atoms with Crippen molar-refractivity contribution in [3.05, 3.63) is 48.8 Å². The lowest BCUT2D eigenvalue weighted by molar-refractivity contribution is 0.880. The van der Waals surface area contributed by atoms with E-state index >= 15 is 0 Å². The van der Waals surface area contributed by atoms with Crippen molar-refractivity contribution in [3.8, 4) is 16.9 Å². The summed E-state index contributed by atoms with van der Waals surface area (Å²) in [5.74, 6) is 0.496. The normalized spacial score (nSPS) is 10.0. The number of nitrogens with zero attached hydrogens (tertiary/aromatic N) is 3. The summed E-state index contributed by atoms with van der Waals surface area (Å²) in [6.07, 6.45) is 3.66. The van der Waals surface area contributed by atoms with Crippen molar-refractivity contribution >= 4 is 18.2 Å². The van der Waals surface area contributed by atoms with Crippen molar-refractivity contribution in [2.75, 3.05) is 5.73 Å². The predicted octanol–water partition coefficient (Wildman–Crippen LogP) is 2.27. The van der Waals surface area contributed by atoms with E-state index in [0.717, 1.165) is 16.9 Å². The Kier molecular flexibility index (Phi) is 3.34. The molecule has 0 amide bonds. The second-order valence-corrected chi connectivity index (χ2v) is 3.70. The Morgan fingerprint density at radius 1 is 1.17 bits per heavy atom. The number of anilines is 1. The third kappa shape index (κ3) is 2.21. The van der Waals surface area contributed by atoms with E-state index in [1.807, 2.05) is 47.3 Å². The lowest BCUT2D eigenvalue weighted by atomic mass is 10.1. The van der Waals surface area contributed by atoms with Gasteiger partial charge in [-0.15, -0.1) is 12.4 Å². The molecule has 18 heavy (non-hydrogen) atoms. The van der Waals surface area contributed by atoms with Crippen molar-refractivity contribution in [1.82, 2.24) is 20.0 Å². The minimum atomic E-state index is 0. The first-order valence-corrected chi connectivity index (χ1v) is 5.24. The van der Waals surface area contributed by atoms with Gasteiger partial charge >= 0.3 is 0 Å². The SMILES string of the molecule is Cl.Nc1cc(-c2ccc(-n3cccn3)cc2)[nH]n1. The molecule has 0 aliphatic carbocycles. The second kappa shape index (κ2) is 4.93. The van der Waals surface area contributed by atoms with Crippen LogP contribution in [0.3, 0.4) is 0 Å². The Morgan fingerprint density at radius 3 is 2.50 bits per heavy atom. The van der Waals surface area contributed by atoms with E-state index in [-0.39, 0.29) is 12.4 Å². The number of rotatable bonds is 2. The highest BCUT2D eigenvalue weighted by atomic mass is 35.5. The minimum Gasteiger partial charge on any atom is -0.382 e. The average molecular weight is 262 g/mol. The van der Waals surface area contributed by atoms with Crippen LogP contribution in [0.4, 0.5) is 5.82 Å². The first kappa shape index (κ1) is 12.2. The highest BCUT2D eigenvalue weighted by Crippen LogP contribution is 2.19. The molecule has 2 heterocycles. The highest BCUT2D eigenvalue weighted by Gasteiger charge is 2.02. The molecule has 1 aromatic carbocycles. The van der Waals surface area contributed by atoms with Crippen LogP contribution in [0.2, 0.25) is 0 Å². The van der Waals surface area contributed by atoms with Crippen molar-refractivity contribution in [2.24, 2.45) is 0 Å². The van der Waals surface area contributed by atoms with Gasteiger partial charge in [-0.2, -0.15) is 10.2 Å². The zero-order chi connectivity index (χ0) is 11.7. The van der Waals surface area contributed by atoms with Crippen LogP contribution < -0.4 is 5.73 Å². The Labute approximate surface area is 110 Å². The van der Waals surface area contributed by atoms with E-state index in [2.05, 4.69) is 15.3 Å². The van der Waals surface area contributed by atoms with Crippen molar-refractivity contribution in [3.63, 3.8) is 0 Å². The van der Waals surface area contributed by atoms with Gasteiger partial charge in [0.1, 0.15) is 5.82 Å². The van der Waals surface area contributed by atoms with Crippen LogP contribution in [0.25, 0.3) is 16.9 Å². The van der Waals surface area contributed by atoms with Crippen LogP contribution in [0.5, 0.6) is 0 Å². The summed E-state index contributed by atoms with van der Waals surface area (Å²) < 4.78 is 1.81. The van der Waals surface area contributed by atoms with Crippen LogP contribution >= 0.6 is 12.4 Å². The third-order valence-electron chi connectivity index (χ3n) is 2.54. The molecule has 3 aromatic rings. The summed E-state index contributed by atoms with van der Waals surface area (Å²) in [4.78, 5) is 0. The first-order chi connectivity index (χ1) is 8.33. The van der Waals surface area contributed by atoms with Gasteiger partial charge in [-0.3, -0.25) is 5.10 Å². The van der Waals surface area contributed by atoms with Crippen molar-refractivity contribution < 1.29 is 0 Å². The van der Waals surface area contributed by atoms with Gasteiger partial charge < -0.3 is 5.73 Å². The highest BCUT2D eigenvalue weighted by molar-refractivity contribution is 5.85. The number of benzene rings is 1. The molecule has 0 radical (unpaired) electrons. The van der Waals surface area contributed by atoms with Gasteiger partial charge in [0.2, 0.25) is 0 Å². The van der Waals surface area contributed by atoms with Crippen molar-refractivity contribution in [1.29, 1.82) is 0 Å². The van der Waals surface area contributed by atoms with Crippen LogP contribution in [-0.2, 0) is 0 Å². The number of aromatic nitrogens is 4. The number of nitrogen functional groups attached to an aromatic ring is 1. The van der Waals surface area contributed by atoms with Gasteiger partial charge in [0.05, 0.1) is 11.4 Å². The largest absolute Gasteiger partial charge is 0.382 e. The molecule has 0 aliphatic heterocycles. The number of halogens is 1. The molecule has 0 saturated heterocycles. The molecule has 0 bridgehead atoms. The number of aromatic amines is 1. The van der Waals surface area contributed by atoms with E-state index in [0.29, 0.717) is 5.82 Å². The van der Waals surface area contributed by atoms with Crippen LogP contribution in [0.15, 0.2) is 48.8 Å². The fraction of sp³-hybridized carbons (Fsp3) is 0. The number of hydrogen-bond acceptors (Lipinski definition) is 3. The maximum atomic E-state index is 5.57. The number of nitrogens with two attached hydrogens (primary N) is 1. The predicted molar refractivity (Wildman–Crippen MR) is 72.8 cm³/mol. The molecule has 0 saturated carbocycles. The van der Waals surface area contributed by atoms with Crippen LogP contribution in [0.1, 0.15) is 0 Å². The Balaban J connectivity index is 0.00000120. The van der Waals surface area contributed by atoms with Crippen molar-refractivity contribution in [2.45, 2.75) is 0 Å². The van der Waals surface area contributed by atoms with Gasteiger partial charge in [0.25, 0.3) is 0 Å². The van der Waals surface area contributed by atoms with E-state index in [1.54, 1.807) is 6.20 Å². The molecule has 2 aromatic heterocycles. The van der Waals surface area contributed by atoms with Gasteiger partial charge in [0.15, 0.2) is 0 Å². The Morgan fingerprint density at radius 2 is 1.94 bits per heavy atom. The summed E-state index contributed by atoms with van der Waals surface area (Å²) in [7, 11) is 0. The molecule has 5 nitrogen and oxygen atoms in total. The van der Waals surface area contributed by atoms with E-state index in [9.17, 15) is 0 Å². The fourth-order valence-electron chi connectivity index (χ4n) is 1.70. The quantitative estimate of drug-likeness (QED) is 0.743. The molecule has 0 fully saturated rings. The fourth-order valence-corrected chi connectivity index (χ4v) is 1.70. The molecule has 0 unspecified atom stereocenters. The lowest BCUT2D eigenvalue weighted by Crippen LogP contribution is -1.93. The van der Waals surface area contributed by atoms with E-state index in [4.69, 9.17) is 5.73 Å². The minimum absolute atomic E-state index is 0. The van der Waals surface area contributed by atoms with Gasteiger partial charge in [-0.1, -0.05) is 12.1 Å². The standard InChI is InChI=1S/C12H11N5.ClH/c13-12-8-11(15-16-12)9-2-4-10(5-3-9)17-7-1-6-14-17;/h1-8H,(H3,13,15,16);1H. The molecular weight excluding hydrogens is 250 g/mol. The number of hydrogen-bond donors (Lipinski definition) is 2. The molecular formula is C12H12ClN5. The van der Waals surface area contributed by atoms with Crippen LogP contribution in [-0.4, -0.2) is 20.0 Å². The maximum Gasteiger partial charge on any atom is 0.145 e. The Hall–Kier alpha value is -2.27. The Bertz CT molecular complexity index is 612. The first-order valence-electron chi connectivity index (χ1n) is 5.24. The topological polar surface area (TPSA) is 72.5 Å². The molecule has 92 valence electrons. The van der Waals surface area contributed by atoms with E-state index in [1.165, 1.54) is 0 Å². The molecule has 3 rings (SSSR count).